The minimum absolute atomic E-state index is 0.913. The number of benzene rings is 9. The summed E-state index contributed by atoms with van der Waals surface area (Å²) in [6.07, 6.45) is 0. The molecule has 2 aromatic heterocycles. The number of hydrogen-bond donors (Lipinski definition) is 0. The highest BCUT2D eigenvalue weighted by atomic mass is 15.3. The number of fused-ring (bicyclic) bond motifs is 6. The van der Waals surface area contributed by atoms with Gasteiger partial charge in [-0.2, -0.15) is 5.10 Å². The van der Waals surface area contributed by atoms with Crippen LogP contribution in [0.1, 0.15) is 0 Å². The highest BCUT2D eigenvalue weighted by molar-refractivity contribution is 6.14. The van der Waals surface area contributed by atoms with E-state index in [-0.39, 0.29) is 0 Å². The van der Waals surface area contributed by atoms with Crippen LogP contribution in [0.5, 0.6) is 0 Å². The van der Waals surface area contributed by atoms with Crippen LogP contribution in [0.25, 0.3) is 82.2 Å². The predicted octanol–water partition coefficient (Wildman–Crippen LogP) is 14.4. The first-order valence-electron chi connectivity index (χ1n) is 19.1. The number of rotatable bonds is 6. The number of pyridine rings is 1. The molecule has 56 heavy (non-hydrogen) atoms. The van der Waals surface area contributed by atoms with Gasteiger partial charge < -0.3 is 4.90 Å². The molecule has 0 aliphatic rings. The van der Waals surface area contributed by atoms with Crippen LogP contribution in [0.15, 0.2) is 212 Å². The second-order valence-electron chi connectivity index (χ2n) is 14.4. The van der Waals surface area contributed by atoms with Crippen molar-refractivity contribution in [3.63, 3.8) is 0 Å². The molecule has 3 heteroatoms. The third-order valence-electron chi connectivity index (χ3n) is 11.1. The van der Waals surface area contributed by atoms with Crippen LogP contribution in [0, 0.1) is 0 Å². The van der Waals surface area contributed by atoms with E-state index in [1.807, 2.05) is 0 Å². The lowest BCUT2D eigenvalue weighted by Crippen LogP contribution is -2.11. The van der Waals surface area contributed by atoms with Gasteiger partial charge in [-0.1, -0.05) is 182 Å². The van der Waals surface area contributed by atoms with E-state index in [0.717, 1.165) is 55.9 Å². The van der Waals surface area contributed by atoms with Gasteiger partial charge in [-0.25, -0.2) is 4.52 Å². The molecule has 11 aromatic rings. The molecule has 0 aliphatic carbocycles. The van der Waals surface area contributed by atoms with Crippen LogP contribution in [0.3, 0.4) is 0 Å². The van der Waals surface area contributed by atoms with Crippen molar-refractivity contribution in [2.45, 2.75) is 0 Å². The van der Waals surface area contributed by atoms with Gasteiger partial charge >= 0.3 is 0 Å². The van der Waals surface area contributed by atoms with Crippen LogP contribution in [-0.2, 0) is 0 Å². The summed E-state index contributed by atoms with van der Waals surface area (Å²) in [5, 5.41) is 15.2. The number of nitrogens with zero attached hydrogens (tertiary/aromatic N) is 3. The molecular formula is C53H35N3. The SMILES string of the molecule is c1ccc(-c2nn3c(-c4ccccc4)cc4ccccc4c3c2N(c2ccc(-c3c4ccccc4cc4ccccc34)cc2)c2cccc3ccccc23)cc1. The van der Waals surface area contributed by atoms with Crippen molar-refractivity contribution in [1.29, 1.82) is 0 Å². The maximum Gasteiger partial charge on any atom is 0.117 e. The van der Waals surface area contributed by atoms with Gasteiger partial charge in [0.25, 0.3) is 0 Å². The smallest absolute Gasteiger partial charge is 0.117 e. The summed E-state index contributed by atoms with van der Waals surface area (Å²) in [4.78, 5) is 2.44. The molecule has 0 amide bonds. The highest BCUT2D eigenvalue weighted by Crippen LogP contribution is 2.48. The Kier molecular flexibility index (Phi) is 7.49. The molecule has 262 valence electrons. The van der Waals surface area contributed by atoms with Crippen molar-refractivity contribution in [2.24, 2.45) is 0 Å². The molecule has 0 saturated carbocycles. The zero-order chi connectivity index (χ0) is 37.0. The first kappa shape index (κ1) is 32.0. The van der Waals surface area contributed by atoms with Gasteiger partial charge in [-0.05, 0) is 73.8 Å². The fourth-order valence-corrected chi connectivity index (χ4v) is 8.58. The van der Waals surface area contributed by atoms with Gasteiger partial charge in [0.1, 0.15) is 11.4 Å². The van der Waals surface area contributed by atoms with E-state index in [0.29, 0.717) is 0 Å². The molecular weight excluding hydrogens is 679 g/mol. The molecule has 11 rings (SSSR count). The van der Waals surface area contributed by atoms with Gasteiger partial charge in [0, 0.05) is 27.6 Å². The van der Waals surface area contributed by atoms with Crippen molar-refractivity contribution < 1.29 is 0 Å². The normalized spacial score (nSPS) is 11.6. The Balaban J connectivity index is 1.24. The second-order valence-corrected chi connectivity index (χ2v) is 14.4. The molecule has 0 radical (unpaired) electrons. The van der Waals surface area contributed by atoms with Crippen LogP contribution in [0.4, 0.5) is 17.1 Å². The van der Waals surface area contributed by atoms with Crippen molar-refractivity contribution in [2.75, 3.05) is 4.90 Å². The summed E-state index contributed by atoms with van der Waals surface area (Å²) in [5.74, 6) is 0. The third kappa shape index (κ3) is 5.17. The van der Waals surface area contributed by atoms with Crippen molar-refractivity contribution in [1.82, 2.24) is 9.61 Å². The van der Waals surface area contributed by atoms with Gasteiger partial charge in [0.15, 0.2) is 0 Å². The Morgan fingerprint density at radius 3 is 1.55 bits per heavy atom. The molecule has 0 N–H and O–H groups in total. The molecule has 0 saturated heterocycles. The number of anilines is 3. The minimum Gasteiger partial charge on any atom is -0.306 e. The zero-order valence-electron chi connectivity index (χ0n) is 30.5. The summed E-state index contributed by atoms with van der Waals surface area (Å²) in [5.41, 5.74) is 10.8. The van der Waals surface area contributed by atoms with Gasteiger partial charge in [-0.3, -0.25) is 0 Å². The van der Waals surface area contributed by atoms with Crippen LogP contribution in [-0.4, -0.2) is 9.61 Å². The fourth-order valence-electron chi connectivity index (χ4n) is 8.58. The Labute approximate surface area is 325 Å². The van der Waals surface area contributed by atoms with E-state index in [9.17, 15) is 0 Å². The second kappa shape index (κ2) is 13.1. The summed E-state index contributed by atoms with van der Waals surface area (Å²) < 4.78 is 2.17. The van der Waals surface area contributed by atoms with E-state index in [1.165, 1.54) is 43.4 Å². The number of hydrogen-bond acceptors (Lipinski definition) is 2. The summed E-state index contributed by atoms with van der Waals surface area (Å²) in [6.45, 7) is 0. The van der Waals surface area contributed by atoms with Crippen molar-refractivity contribution in [3.05, 3.63) is 212 Å². The molecule has 0 fully saturated rings. The number of aromatic nitrogens is 2. The molecule has 0 unspecified atom stereocenters. The Morgan fingerprint density at radius 1 is 0.375 bits per heavy atom. The van der Waals surface area contributed by atoms with Gasteiger partial charge in [-0.15, -0.1) is 0 Å². The van der Waals surface area contributed by atoms with E-state index in [4.69, 9.17) is 5.10 Å². The van der Waals surface area contributed by atoms with Crippen LogP contribution in [0.2, 0.25) is 0 Å². The molecule has 0 spiro atoms. The lowest BCUT2D eigenvalue weighted by Gasteiger charge is -2.28. The average Bonchev–Trinajstić information content (AvgIpc) is 3.67. The van der Waals surface area contributed by atoms with Crippen molar-refractivity contribution in [3.8, 4) is 33.6 Å². The monoisotopic (exact) mass is 713 g/mol. The molecule has 2 heterocycles. The zero-order valence-corrected chi connectivity index (χ0v) is 30.5. The molecule has 3 nitrogen and oxygen atoms in total. The lowest BCUT2D eigenvalue weighted by molar-refractivity contribution is 0.979. The average molecular weight is 714 g/mol. The largest absolute Gasteiger partial charge is 0.306 e. The standard InChI is InChI=1S/C53H35N3/c1-3-17-37(18-4-1)49-35-42-23-10-14-28-47(42)52-53(51(54-56(49)52)39-19-5-2-6-20-39)55(48-29-15-24-36-16-7-11-25-44(36)48)43-32-30-38(31-33-43)50-45-26-12-8-21-40(45)34-41-22-9-13-27-46(41)50/h1-35H. The summed E-state index contributed by atoms with van der Waals surface area (Å²) in [7, 11) is 0. The fraction of sp³-hybridized carbons (Fsp3) is 0. The summed E-state index contributed by atoms with van der Waals surface area (Å²) in [6, 6.07) is 76.4. The lowest BCUT2D eigenvalue weighted by atomic mass is 9.92. The van der Waals surface area contributed by atoms with Crippen molar-refractivity contribution >= 4 is 65.7 Å². The van der Waals surface area contributed by atoms with Crippen LogP contribution >= 0.6 is 0 Å². The van der Waals surface area contributed by atoms with Crippen LogP contribution < -0.4 is 4.90 Å². The first-order chi connectivity index (χ1) is 27.8. The third-order valence-corrected chi connectivity index (χ3v) is 11.1. The van der Waals surface area contributed by atoms with Gasteiger partial charge in [0.2, 0.25) is 0 Å². The van der Waals surface area contributed by atoms with E-state index in [1.54, 1.807) is 0 Å². The maximum absolute atomic E-state index is 5.57. The Hall–Kier alpha value is -7.49. The first-order valence-corrected chi connectivity index (χ1v) is 19.1. The summed E-state index contributed by atoms with van der Waals surface area (Å²) >= 11 is 0. The van der Waals surface area contributed by atoms with E-state index < -0.39 is 0 Å². The van der Waals surface area contributed by atoms with Gasteiger partial charge in [0.05, 0.1) is 16.9 Å². The topological polar surface area (TPSA) is 20.5 Å². The predicted molar refractivity (Wildman–Crippen MR) is 236 cm³/mol. The molecule has 0 bridgehead atoms. The quantitative estimate of drug-likeness (QED) is 0.160. The minimum atomic E-state index is 0.913. The molecule has 9 aromatic carbocycles. The highest BCUT2D eigenvalue weighted by Gasteiger charge is 2.28. The Morgan fingerprint density at radius 2 is 0.893 bits per heavy atom. The van der Waals surface area contributed by atoms with E-state index in [2.05, 4.69) is 222 Å². The Bertz CT molecular complexity index is 3180. The maximum atomic E-state index is 5.57. The van der Waals surface area contributed by atoms with E-state index >= 15 is 0 Å². The molecule has 0 atom stereocenters. The molecule has 0 aliphatic heterocycles.